The van der Waals surface area contributed by atoms with Crippen LogP contribution in [0.2, 0.25) is 0 Å². The minimum absolute atomic E-state index is 0.188. The second-order valence-corrected chi connectivity index (χ2v) is 4.17. The molecule has 0 aliphatic heterocycles. The van der Waals surface area contributed by atoms with Gasteiger partial charge in [0.2, 0.25) is 5.70 Å². The van der Waals surface area contributed by atoms with Gasteiger partial charge in [-0.05, 0) is 25.1 Å². The summed E-state index contributed by atoms with van der Waals surface area (Å²) in [6.45, 7) is 1.84. The van der Waals surface area contributed by atoms with Crippen LogP contribution in [0.4, 0.5) is 5.69 Å². The number of rotatable bonds is 5. The number of esters is 1. The predicted octanol–water partition coefficient (Wildman–Crippen LogP) is 3.50. The fraction of sp³-hybridized carbons (Fsp3) is 0.250. The second kappa shape index (κ2) is 7.52. The third-order valence-electron chi connectivity index (χ3n) is 2.01. The molecule has 19 heavy (non-hydrogen) atoms. The zero-order chi connectivity index (χ0) is 14.3. The topological polar surface area (TPSA) is 80.5 Å². The number of aliphatic hydroxyl groups is 1. The number of azo groups is 1. The van der Waals surface area contributed by atoms with Gasteiger partial charge in [0.1, 0.15) is 17.7 Å². The maximum atomic E-state index is 11.4. The summed E-state index contributed by atoms with van der Waals surface area (Å²) in [6.07, 6.45) is 0.548. The Hall–Kier alpha value is -1.89. The van der Waals surface area contributed by atoms with E-state index < -0.39 is 5.97 Å². The molecule has 102 valence electrons. The molecule has 0 bridgehead atoms. The molecule has 0 radical (unpaired) electrons. The van der Waals surface area contributed by atoms with E-state index >= 15 is 0 Å². The summed E-state index contributed by atoms with van der Waals surface area (Å²) in [6, 6.07) is 5.12. The SMILES string of the molecule is CCOC(=O)C(=C\O)/N=N\c1ccc(Br)cc1OC. The summed E-state index contributed by atoms with van der Waals surface area (Å²) >= 11 is 3.30. The van der Waals surface area contributed by atoms with E-state index in [0.29, 0.717) is 17.7 Å². The highest BCUT2D eigenvalue weighted by molar-refractivity contribution is 9.10. The molecule has 0 saturated carbocycles. The lowest BCUT2D eigenvalue weighted by Crippen LogP contribution is -2.05. The number of aliphatic hydroxyl groups excluding tert-OH is 1. The van der Waals surface area contributed by atoms with Crippen LogP contribution >= 0.6 is 15.9 Å². The van der Waals surface area contributed by atoms with Crippen molar-refractivity contribution in [2.45, 2.75) is 6.92 Å². The Morgan fingerprint density at radius 3 is 2.84 bits per heavy atom. The van der Waals surface area contributed by atoms with Crippen molar-refractivity contribution in [3.63, 3.8) is 0 Å². The van der Waals surface area contributed by atoms with E-state index in [1.165, 1.54) is 7.11 Å². The summed E-state index contributed by atoms with van der Waals surface area (Å²) in [5.41, 5.74) is 0.140. The quantitative estimate of drug-likeness (QED) is 0.388. The first-order valence-corrected chi connectivity index (χ1v) is 6.18. The molecule has 1 aromatic carbocycles. The Bertz CT molecular complexity index is 514. The summed E-state index contributed by atoms with van der Waals surface area (Å²) in [7, 11) is 1.49. The molecule has 0 aliphatic rings. The molecule has 0 unspecified atom stereocenters. The summed E-state index contributed by atoms with van der Waals surface area (Å²) in [5, 5.41) is 16.4. The van der Waals surface area contributed by atoms with Gasteiger partial charge in [0.25, 0.3) is 0 Å². The lowest BCUT2D eigenvalue weighted by molar-refractivity contribution is -0.138. The van der Waals surface area contributed by atoms with E-state index in [-0.39, 0.29) is 12.3 Å². The van der Waals surface area contributed by atoms with Crippen LogP contribution in [0.25, 0.3) is 0 Å². The van der Waals surface area contributed by atoms with Gasteiger partial charge in [-0.15, -0.1) is 10.2 Å². The Morgan fingerprint density at radius 1 is 1.53 bits per heavy atom. The molecule has 0 heterocycles. The number of methoxy groups -OCH3 is 1. The zero-order valence-corrected chi connectivity index (χ0v) is 12.0. The monoisotopic (exact) mass is 328 g/mol. The van der Waals surface area contributed by atoms with Crippen molar-refractivity contribution in [2.24, 2.45) is 10.2 Å². The van der Waals surface area contributed by atoms with Gasteiger partial charge in [0.15, 0.2) is 0 Å². The van der Waals surface area contributed by atoms with Gasteiger partial charge in [0.05, 0.1) is 13.7 Å². The smallest absolute Gasteiger partial charge is 0.362 e. The third kappa shape index (κ3) is 4.36. The van der Waals surface area contributed by atoms with Crippen molar-refractivity contribution in [3.8, 4) is 5.75 Å². The average Bonchev–Trinajstić information content (AvgIpc) is 2.41. The van der Waals surface area contributed by atoms with Crippen LogP contribution in [0.5, 0.6) is 5.75 Å². The number of ether oxygens (including phenoxy) is 2. The fourth-order valence-electron chi connectivity index (χ4n) is 1.17. The summed E-state index contributed by atoms with van der Waals surface area (Å²) < 4.78 is 10.6. The summed E-state index contributed by atoms with van der Waals surface area (Å²) in [5.74, 6) is -0.260. The number of carbonyl (C=O) groups excluding carboxylic acids is 1. The molecule has 0 atom stereocenters. The molecule has 0 aromatic heterocycles. The van der Waals surface area contributed by atoms with E-state index in [1.54, 1.807) is 25.1 Å². The average molecular weight is 329 g/mol. The molecular formula is C12H13BrN2O4. The van der Waals surface area contributed by atoms with Gasteiger partial charge in [-0.2, -0.15) is 0 Å². The van der Waals surface area contributed by atoms with E-state index in [2.05, 4.69) is 26.2 Å². The Kier molecular flexibility index (Phi) is 6.01. The van der Waals surface area contributed by atoms with Crippen LogP contribution in [0, 0.1) is 0 Å². The molecule has 0 fully saturated rings. The van der Waals surface area contributed by atoms with Gasteiger partial charge >= 0.3 is 5.97 Å². The molecule has 1 aromatic rings. The first-order chi connectivity index (χ1) is 9.12. The maximum absolute atomic E-state index is 11.4. The highest BCUT2D eigenvalue weighted by Crippen LogP contribution is 2.31. The van der Waals surface area contributed by atoms with Gasteiger partial charge in [-0.3, -0.25) is 0 Å². The molecule has 0 saturated heterocycles. The van der Waals surface area contributed by atoms with Crippen LogP contribution in [-0.4, -0.2) is 24.8 Å². The first kappa shape index (κ1) is 15.2. The van der Waals surface area contributed by atoms with Crippen molar-refractivity contribution >= 4 is 27.6 Å². The predicted molar refractivity (Wildman–Crippen MR) is 72.6 cm³/mol. The van der Waals surface area contributed by atoms with Crippen LogP contribution in [-0.2, 0) is 9.53 Å². The van der Waals surface area contributed by atoms with Crippen LogP contribution in [0.3, 0.4) is 0 Å². The van der Waals surface area contributed by atoms with Gasteiger partial charge in [-0.1, -0.05) is 15.9 Å². The molecule has 6 nitrogen and oxygen atoms in total. The Labute approximate surface area is 118 Å². The van der Waals surface area contributed by atoms with Gasteiger partial charge in [0, 0.05) is 4.47 Å². The molecule has 0 aliphatic carbocycles. The Morgan fingerprint density at radius 2 is 2.26 bits per heavy atom. The molecular weight excluding hydrogens is 316 g/mol. The van der Waals surface area contributed by atoms with E-state index in [4.69, 9.17) is 14.6 Å². The standard InChI is InChI=1S/C12H13BrN2O4/c1-3-19-12(17)10(7-16)15-14-9-5-4-8(13)6-11(9)18-2/h4-7,16H,3H2,1-2H3/b10-7+,15-14-. The lowest BCUT2D eigenvalue weighted by atomic mass is 10.3. The maximum Gasteiger partial charge on any atom is 0.362 e. The van der Waals surface area contributed by atoms with Crippen molar-refractivity contribution in [2.75, 3.05) is 13.7 Å². The number of hydrogen-bond donors (Lipinski definition) is 1. The highest BCUT2D eigenvalue weighted by Gasteiger charge is 2.10. The molecule has 1 N–H and O–H groups in total. The van der Waals surface area contributed by atoms with Crippen molar-refractivity contribution in [1.82, 2.24) is 0 Å². The third-order valence-corrected chi connectivity index (χ3v) is 2.51. The van der Waals surface area contributed by atoms with E-state index in [9.17, 15) is 4.79 Å². The highest BCUT2D eigenvalue weighted by atomic mass is 79.9. The number of hydrogen-bond acceptors (Lipinski definition) is 6. The molecule has 1 rings (SSSR count). The van der Waals surface area contributed by atoms with Crippen molar-refractivity contribution in [3.05, 3.63) is 34.6 Å². The zero-order valence-electron chi connectivity index (χ0n) is 10.5. The number of benzene rings is 1. The number of halogens is 1. The van der Waals surface area contributed by atoms with Crippen molar-refractivity contribution in [1.29, 1.82) is 0 Å². The minimum atomic E-state index is -0.746. The van der Waals surface area contributed by atoms with Crippen LogP contribution in [0.1, 0.15) is 6.92 Å². The largest absolute Gasteiger partial charge is 0.513 e. The van der Waals surface area contributed by atoms with Gasteiger partial charge < -0.3 is 14.6 Å². The molecule has 0 spiro atoms. The molecule has 0 amide bonds. The molecule has 7 heteroatoms. The van der Waals surface area contributed by atoms with E-state index in [1.807, 2.05) is 0 Å². The number of carbonyl (C=O) groups is 1. The van der Waals surface area contributed by atoms with Gasteiger partial charge in [-0.25, -0.2) is 4.79 Å². The normalized spacial score (nSPS) is 11.6. The second-order valence-electron chi connectivity index (χ2n) is 3.25. The minimum Gasteiger partial charge on any atom is -0.513 e. The lowest BCUT2D eigenvalue weighted by Gasteiger charge is -2.04. The van der Waals surface area contributed by atoms with Crippen LogP contribution in [0.15, 0.2) is 44.9 Å². The summed E-state index contributed by atoms with van der Waals surface area (Å²) in [4.78, 5) is 11.4. The van der Waals surface area contributed by atoms with Crippen LogP contribution < -0.4 is 4.74 Å². The fourth-order valence-corrected chi connectivity index (χ4v) is 1.51. The van der Waals surface area contributed by atoms with Crippen molar-refractivity contribution < 1.29 is 19.4 Å². The number of nitrogens with zero attached hydrogens (tertiary/aromatic N) is 2. The van der Waals surface area contributed by atoms with E-state index in [0.717, 1.165) is 4.47 Å². The first-order valence-electron chi connectivity index (χ1n) is 5.39. The Balaban J connectivity index is 2.94.